The molecule has 22 heteroatoms. The molecule has 2 aromatic carbocycles. The molecule has 6 rings (SSSR count). The number of aromatic nitrogens is 4. The normalized spacial score (nSPS) is 10.8. The predicted octanol–water partition coefficient (Wildman–Crippen LogP) is 10.7. The van der Waals surface area contributed by atoms with Crippen LogP contribution in [0.25, 0.3) is 21.9 Å². The number of fused-ring (bicyclic) bond motifs is 2. The van der Waals surface area contributed by atoms with Crippen LogP contribution in [-0.4, -0.2) is 40.1 Å². The summed E-state index contributed by atoms with van der Waals surface area (Å²) < 4.78 is 13.9. The number of nitrogens with zero attached hydrogens (tertiary/aromatic N) is 4. The SMILES string of the molecule is Cc1cc(Cl)nc(N)n1.Cc1cc(Cl)nc(NC(=O)Nc2ccc3occc3c2)n1.Nc1ccc2occc2c1.O=C(OC(Cl)(Cl)Cl)OC(Cl)(Cl)Cl. The first-order chi connectivity index (χ1) is 24.2. The van der Waals surface area contributed by atoms with Crippen LogP contribution in [0.2, 0.25) is 10.3 Å². The Hall–Kier alpha value is -3.86. The molecule has 0 aliphatic carbocycles. The number of halogens is 8. The molecule has 6 N–H and O–H groups in total. The molecule has 6 aromatic rings. The molecule has 0 radical (unpaired) electrons. The van der Waals surface area contributed by atoms with Crippen LogP contribution < -0.4 is 22.1 Å². The van der Waals surface area contributed by atoms with Crippen molar-refractivity contribution in [3.63, 3.8) is 0 Å². The van der Waals surface area contributed by atoms with E-state index in [4.69, 9.17) is 113 Å². The maximum atomic E-state index is 11.9. The van der Waals surface area contributed by atoms with E-state index < -0.39 is 20.1 Å². The third kappa shape index (κ3) is 16.2. The van der Waals surface area contributed by atoms with Crippen LogP contribution in [0.5, 0.6) is 0 Å². The first kappa shape index (κ1) is 42.6. The first-order valence-corrected chi connectivity index (χ1v) is 16.9. The number of rotatable bonds is 2. The number of amides is 2. The summed E-state index contributed by atoms with van der Waals surface area (Å²) in [6.45, 7) is 3.58. The van der Waals surface area contributed by atoms with Gasteiger partial charge in [-0.05, 0) is 144 Å². The summed E-state index contributed by atoms with van der Waals surface area (Å²) in [7, 11) is 0. The Balaban J connectivity index is 0.000000201. The molecule has 52 heavy (non-hydrogen) atoms. The molecule has 2 amide bonds. The molecule has 0 saturated carbocycles. The summed E-state index contributed by atoms with van der Waals surface area (Å²) in [4.78, 5) is 37.9. The van der Waals surface area contributed by atoms with E-state index in [1.54, 1.807) is 43.7 Å². The van der Waals surface area contributed by atoms with Crippen LogP contribution in [-0.2, 0) is 9.47 Å². The Kier molecular flexibility index (Phi) is 15.8. The lowest BCUT2D eigenvalue weighted by Gasteiger charge is -2.15. The second-order valence-corrected chi connectivity index (χ2v) is 14.8. The minimum Gasteiger partial charge on any atom is -0.464 e. The van der Waals surface area contributed by atoms with Gasteiger partial charge in [0.25, 0.3) is 0 Å². The van der Waals surface area contributed by atoms with Gasteiger partial charge in [0.15, 0.2) is 0 Å². The lowest BCUT2D eigenvalue weighted by molar-refractivity contribution is 0.0508. The fourth-order valence-corrected chi connectivity index (χ4v) is 4.50. The minimum atomic E-state index is -2.24. The Morgan fingerprint density at radius 2 is 1.19 bits per heavy atom. The number of hydrogen-bond acceptors (Lipinski definition) is 12. The van der Waals surface area contributed by atoms with Gasteiger partial charge in [-0.15, -0.1) is 0 Å². The van der Waals surface area contributed by atoms with Gasteiger partial charge in [0.05, 0.1) is 12.5 Å². The topological polar surface area (TPSA) is 207 Å². The van der Waals surface area contributed by atoms with Crippen molar-refractivity contribution in [2.75, 3.05) is 22.1 Å². The fraction of sp³-hybridized carbons (Fsp3) is 0.133. The van der Waals surface area contributed by atoms with E-state index in [1.165, 1.54) is 0 Å². The molecule has 0 atom stereocenters. The van der Waals surface area contributed by atoms with Crippen molar-refractivity contribution in [1.82, 2.24) is 19.9 Å². The van der Waals surface area contributed by atoms with Crippen molar-refractivity contribution >= 4 is 150 Å². The summed E-state index contributed by atoms with van der Waals surface area (Å²) in [5, 5.41) is 7.86. The largest absolute Gasteiger partial charge is 0.515 e. The first-order valence-electron chi connectivity index (χ1n) is 13.9. The van der Waals surface area contributed by atoms with Crippen LogP contribution in [0.3, 0.4) is 0 Å². The quantitative estimate of drug-likeness (QED) is 0.0555. The smallest absolute Gasteiger partial charge is 0.464 e. The highest BCUT2D eigenvalue weighted by Gasteiger charge is 2.32. The van der Waals surface area contributed by atoms with Gasteiger partial charge in [0, 0.05) is 33.5 Å². The molecule has 0 fully saturated rings. The summed E-state index contributed by atoms with van der Waals surface area (Å²) in [5.41, 5.74) is 15.3. The molecule has 0 spiro atoms. The predicted molar refractivity (Wildman–Crippen MR) is 206 cm³/mol. The Labute approximate surface area is 334 Å². The molecular formula is C30H24Cl8N8O6. The number of nitrogens with two attached hydrogens (primary N) is 2. The number of ether oxygens (including phenoxy) is 2. The number of urea groups is 1. The van der Waals surface area contributed by atoms with Crippen LogP contribution >= 0.6 is 92.8 Å². The number of carbonyl (C=O) groups excluding carboxylic acids is 2. The Morgan fingerprint density at radius 1 is 0.673 bits per heavy atom. The van der Waals surface area contributed by atoms with Crippen LogP contribution in [0, 0.1) is 13.8 Å². The third-order valence-corrected chi connectivity index (χ3v) is 6.32. The number of nitrogen functional groups attached to an aromatic ring is 2. The fourth-order valence-electron chi connectivity index (χ4n) is 3.64. The molecule has 0 saturated heterocycles. The number of furan rings is 2. The molecule has 0 bridgehead atoms. The van der Waals surface area contributed by atoms with Gasteiger partial charge >= 0.3 is 20.1 Å². The average molecular weight is 876 g/mol. The molecule has 0 unspecified atom stereocenters. The monoisotopic (exact) mass is 872 g/mol. The minimum absolute atomic E-state index is 0.155. The van der Waals surface area contributed by atoms with Crippen molar-refractivity contribution < 1.29 is 27.9 Å². The summed E-state index contributed by atoms with van der Waals surface area (Å²) in [5.74, 6) is 0.377. The molecule has 14 nitrogen and oxygen atoms in total. The number of hydrogen-bond donors (Lipinski definition) is 4. The second kappa shape index (κ2) is 19.3. The standard InChI is InChI=1S/C14H11ClN4O2.C8H7NO.C5H6ClN3.C3Cl6O3/c1-8-6-12(15)18-13(16-8)19-14(20)17-10-2-3-11-9(7-10)4-5-21-11;9-7-1-2-8-6(5-7)3-4-10-8;1-3-2-4(6)9-5(7)8-3;4-2(5,6)11-1(10)12-3(7,8)9/h2-7H,1H3,(H2,16,17,18,19,20);1-5H,9H2;2H,1H3,(H2,7,8,9);. The van der Waals surface area contributed by atoms with Gasteiger partial charge in [-0.1, -0.05) is 23.2 Å². The van der Waals surface area contributed by atoms with Crippen LogP contribution in [0.15, 0.2) is 82.0 Å². The highest BCUT2D eigenvalue weighted by Crippen LogP contribution is 2.32. The van der Waals surface area contributed by atoms with Gasteiger partial charge in [-0.3, -0.25) is 5.32 Å². The maximum absolute atomic E-state index is 11.9. The third-order valence-electron chi connectivity index (χ3n) is 5.47. The van der Waals surface area contributed by atoms with Crippen molar-refractivity contribution in [3.8, 4) is 0 Å². The van der Waals surface area contributed by atoms with E-state index in [9.17, 15) is 9.59 Å². The lowest BCUT2D eigenvalue weighted by Crippen LogP contribution is -2.22. The molecule has 0 aliphatic rings. The molecular weight excluding hydrogens is 852 g/mol. The highest BCUT2D eigenvalue weighted by molar-refractivity contribution is 6.67. The van der Waals surface area contributed by atoms with E-state index in [0.717, 1.165) is 33.3 Å². The summed E-state index contributed by atoms with van der Waals surface area (Å²) >= 11 is 41.5. The number of carbonyl (C=O) groups is 2. The number of alkyl halides is 6. The Morgan fingerprint density at radius 3 is 1.71 bits per heavy atom. The zero-order valence-electron chi connectivity index (χ0n) is 26.3. The second-order valence-electron chi connectivity index (χ2n) is 9.66. The highest BCUT2D eigenvalue weighted by atomic mass is 35.6. The van der Waals surface area contributed by atoms with E-state index >= 15 is 0 Å². The number of aryl methyl sites for hydroxylation is 2. The van der Waals surface area contributed by atoms with E-state index in [0.29, 0.717) is 16.5 Å². The van der Waals surface area contributed by atoms with Crippen molar-refractivity contribution in [2.24, 2.45) is 0 Å². The van der Waals surface area contributed by atoms with Crippen molar-refractivity contribution in [2.45, 2.75) is 21.8 Å². The van der Waals surface area contributed by atoms with Crippen molar-refractivity contribution in [1.29, 1.82) is 0 Å². The van der Waals surface area contributed by atoms with Gasteiger partial charge in [0.2, 0.25) is 11.9 Å². The zero-order chi connectivity index (χ0) is 38.6. The molecule has 276 valence electrons. The van der Waals surface area contributed by atoms with Crippen LogP contribution in [0.1, 0.15) is 11.4 Å². The van der Waals surface area contributed by atoms with Crippen LogP contribution in [0.4, 0.5) is 32.9 Å². The van der Waals surface area contributed by atoms with E-state index in [1.807, 2.05) is 43.3 Å². The average Bonchev–Trinajstić information content (AvgIpc) is 3.64. The number of anilines is 4. The molecule has 0 aliphatic heterocycles. The maximum Gasteiger partial charge on any atom is 0.515 e. The molecule has 4 heterocycles. The van der Waals surface area contributed by atoms with Gasteiger partial charge in [-0.2, -0.15) is 0 Å². The summed E-state index contributed by atoms with van der Waals surface area (Å²) in [6, 6.07) is 17.4. The van der Waals surface area contributed by atoms with Gasteiger partial charge in [-0.25, -0.2) is 29.5 Å². The Bertz CT molecular complexity index is 2030. The van der Waals surface area contributed by atoms with E-state index in [2.05, 4.69) is 40.0 Å². The lowest BCUT2D eigenvalue weighted by atomic mass is 10.2. The zero-order valence-corrected chi connectivity index (χ0v) is 32.4. The summed E-state index contributed by atoms with van der Waals surface area (Å²) in [6.07, 6.45) is 1.84. The van der Waals surface area contributed by atoms with Gasteiger partial charge in [0.1, 0.15) is 21.5 Å². The molecule has 4 aromatic heterocycles. The van der Waals surface area contributed by atoms with Gasteiger partial charge < -0.3 is 35.1 Å². The van der Waals surface area contributed by atoms with Crippen molar-refractivity contribution in [3.05, 3.63) is 94.9 Å². The number of nitrogens with one attached hydrogen (secondary N) is 2. The van der Waals surface area contributed by atoms with E-state index in [-0.39, 0.29) is 17.0 Å². The number of benzene rings is 2.